The average molecular weight is 329 g/mol. The van der Waals surface area contributed by atoms with E-state index < -0.39 is 5.97 Å². The Morgan fingerprint density at radius 2 is 1.43 bits per heavy atom. The number of ether oxygens (including phenoxy) is 3. The molecule has 0 aromatic rings. The number of rotatable bonds is 12. The molecule has 23 heavy (non-hydrogen) atoms. The first kappa shape index (κ1) is 20.9. The molecule has 0 spiro atoms. The van der Waals surface area contributed by atoms with Crippen molar-refractivity contribution < 1.29 is 14.2 Å². The van der Waals surface area contributed by atoms with Crippen molar-refractivity contribution in [3.63, 3.8) is 0 Å². The monoisotopic (exact) mass is 328 g/mol. The fourth-order valence-corrected chi connectivity index (χ4v) is 4.47. The van der Waals surface area contributed by atoms with Crippen LogP contribution in [0.2, 0.25) is 0 Å². The van der Waals surface area contributed by atoms with Crippen LogP contribution in [0.5, 0.6) is 0 Å². The summed E-state index contributed by atoms with van der Waals surface area (Å²) in [5.74, 6) is 1.55. The van der Waals surface area contributed by atoms with Crippen LogP contribution in [-0.2, 0) is 14.2 Å². The minimum Gasteiger partial charge on any atom is -0.331 e. The minimum atomic E-state index is -0.883. The molecule has 1 rings (SSSR count). The highest BCUT2D eigenvalue weighted by molar-refractivity contribution is 4.88. The number of methoxy groups -OCH3 is 3. The van der Waals surface area contributed by atoms with Crippen molar-refractivity contribution in [1.29, 1.82) is 0 Å². The summed E-state index contributed by atoms with van der Waals surface area (Å²) in [7, 11) is 5.14. The van der Waals surface area contributed by atoms with Crippen molar-refractivity contribution in [1.82, 2.24) is 0 Å². The van der Waals surface area contributed by atoms with Crippen molar-refractivity contribution in [2.75, 3.05) is 21.3 Å². The Hall–Kier alpha value is -0.120. The van der Waals surface area contributed by atoms with Crippen molar-refractivity contribution in [3.05, 3.63) is 0 Å². The summed E-state index contributed by atoms with van der Waals surface area (Å²) in [4.78, 5) is 0. The standard InChI is InChI=1S/C20H40O3/c1-7-8-9-10-11-12-13-19(20(21-4,22-5)23-6)18-15-14-16(2)17(18)3/h16-19H,7-15H2,1-6H3. The van der Waals surface area contributed by atoms with E-state index in [0.717, 1.165) is 12.3 Å². The van der Waals surface area contributed by atoms with E-state index in [1.807, 2.05) is 0 Å². The summed E-state index contributed by atoms with van der Waals surface area (Å²) in [6.07, 6.45) is 11.6. The van der Waals surface area contributed by atoms with Gasteiger partial charge in [-0.2, -0.15) is 0 Å². The Balaban J connectivity index is 2.69. The van der Waals surface area contributed by atoms with Gasteiger partial charge < -0.3 is 14.2 Å². The molecule has 0 bridgehead atoms. The van der Waals surface area contributed by atoms with Gasteiger partial charge in [-0.1, -0.05) is 65.7 Å². The van der Waals surface area contributed by atoms with Crippen LogP contribution >= 0.6 is 0 Å². The van der Waals surface area contributed by atoms with Gasteiger partial charge in [0.2, 0.25) is 0 Å². The van der Waals surface area contributed by atoms with Crippen LogP contribution in [0.4, 0.5) is 0 Å². The predicted molar refractivity (Wildman–Crippen MR) is 96.3 cm³/mol. The highest BCUT2D eigenvalue weighted by atomic mass is 16.9. The SMILES string of the molecule is CCCCCCCCC(C1CCC(C)C1C)C(OC)(OC)OC. The maximum absolute atomic E-state index is 5.75. The Morgan fingerprint density at radius 1 is 0.870 bits per heavy atom. The minimum absolute atomic E-state index is 0.314. The molecule has 1 aliphatic carbocycles. The highest BCUT2D eigenvalue weighted by Crippen LogP contribution is 2.47. The molecule has 3 heteroatoms. The van der Waals surface area contributed by atoms with E-state index in [-0.39, 0.29) is 0 Å². The zero-order chi connectivity index (χ0) is 17.3. The molecule has 1 aliphatic rings. The largest absolute Gasteiger partial charge is 0.331 e. The molecule has 0 saturated heterocycles. The van der Waals surface area contributed by atoms with E-state index in [4.69, 9.17) is 14.2 Å². The lowest BCUT2D eigenvalue weighted by Crippen LogP contribution is -2.48. The molecule has 138 valence electrons. The van der Waals surface area contributed by atoms with Crippen LogP contribution in [0.15, 0.2) is 0 Å². The lowest BCUT2D eigenvalue weighted by Gasteiger charge is -2.41. The van der Waals surface area contributed by atoms with Gasteiger partial charge in [0.15, 0.2) is 0 Å². The second kappa shape index (κ2) is 10.7. The molecule has 0 aromatic heterocycles. The molecular formula is C20H40O3. The van der Waals surface area contributed by atoms with Crippen molar-refractivity contribution in [3.8, 4) is 0 Å². The molecule has 4 atom stereocenters. The quantitative estimate of drug-likeness (QED) is 0.343. The summed E-state index contributed by atoms with van der Waals surface area (Å²) in [6, 6.07) is 0. The summed E-state index contributed by atoms with van der Waals surface area (Å²) < 4.78 is 17.2. The van der Waals surface area contributed by atoms with Gasteiger partial charge in [-0.15, -0.1) is 0 Å². The van der Waals surface area contributed by atoms with Crippen LogP contribution < -0.4 is 0 Å². The summed E-state index contributed by atoms with van der Waals surface area (Å²) in [5.41, 5.74) is 0. The maximum atomic E-state index is 5.75. The summed E-state index contributed by atoms with van der Waals surface area (Å²) in [6.45, 7) is 7.03. The average Bonchev–Trinajstić information content (AvgIpc) is 2.90. The normalized spacial score (nSPS) is 26.6. The van der Waals surface area contributed by atoms with Gasteiger partial charge in [0.05, 0.1) is 0 Å². The van der Waals surface area contributed by atoms with Gasteiger partial charge in [0.1, 0.15) is 0 Å². The molecule has 0 amide bonds. The molecular weight excluding hydrogens is 288 g/mol. The lowest BCUT2D eigenvalue weighted by atomic mass is 9.78. The van der Waals surface area contributed by atoms with E-state index in [9.17, 15) is 0 Å². The van der Waals surface area contributed by atoms with E-state index >= 15 is 0 Å². The zero-order valence-corrected chi connectivity index (χ0v) is 16.4. The highest BCUT2D eigenvalue weighted by Gasteiger charge is 2.48. The molecule has 1 fully saturated rings. The topological polar surface area (TPSA) is 27.7 Å². The molecule has 0 N–H and O–H groups in total. The Bertz CT molecular complexity index is 293. The first-order chi connectivity index (χ1) is 11.1. The number of unbranched alkanes of at least 4 members (excludes halogenated alkanes) is 5. The van der Waals surface area contributed by atoms with E-state index in [0.29, 0.717) is 17.8 Å². The van der Waals surface area contributed by atoms with Crippen LogP contribution in [0.1, 0.15) is 78.6 Å². The number of hydrogen-bond donors (Lipinski definition) is 0. The molecule has 0 aromatic carbocycles. The first-order valence-electron chi connectivity index (χ1n) is 9.71. The fourth-order valence-electron chi connectivity index (χ4n) is 4.47. The second-order valence-corrected chi connectivity index (χ2v) is 7.46. The fraction of sp³-hybridized carbons (Fsp3) is 1.00. The lowest BCUT2D eigenvalue weighted by molar-refractivity contribution is -0.387. The van der Waals surface area contributed by atoms with Crippen LogP contribution in [0, 0.1) is 23.7 Å². The Kier molecular flexibility index (Phi) is 9.72. The third-order valence-corrected chi connectivity index (χ3v) is 6.22. The van der Waals surface area contributed by atoms with Gasteiger partial charge in [-0.05, 0) is 30.6 Å². The van der Waals surface area contributed by atoms with E-state index in [2.05, 4.69) is 20.8 Å². The van der Waals surface area contributed by atoms with Crippen LogP contribution in [0.3, 0.4) is 0 Å². The van der Waals surface area contributed by atoms with Crippen LogP contribution in [-0.4, -0.2) is 27.3 Å². The molecule has 4 unspecified atom stereocenters. The Labute approximate surface area is 144 Å². The zero-order valence-electron chi connectivity index (χ0n) is 16.4. The van der Waals surface area contributed by atoms with Crippen molar-refractivity contribution in [2.45, 2.75) is 84.5 Å². The third kappa shape index (κ3) is 5.44. The van der Waals surface area contributed by atoms with Gasteiger partial charge in [-0.3, -0.25) is 0 Å². The smallest absolute Gasteiger partial charge is 0.285 e. The molecule has 0 heterocycles. The predicted octanol–water partition coefficient (Wildman–Crippen LogP) is 5.63. The van der Waals surface area contributed by atoms with Gasteiger partial charge in [0, 0.05) is 27.2 Å². The summed E-state index contributed by atoms with van der Waals surface area (Å²) in [5, 5.41) is 0. The maximum Gasteiger partial charge on any atom is 0.285 e. The molecule has 3 nitrogen and oxygen atoms in total. The van der Waals surface area contributed by atoms with Crippen molar-refractivity contribution >= 4 is 0 Å². The van der Waals surface area contributed by atoms with Gasteiger partial charge in [0.25, 0.3) is 5.97 Å². The second-order valence-electron chi connectivity index (χ2n) is 7.46. The van der Waals surface area contributed by atoms with Crippen molar-refractivity contribution in [2.24, 2.45) is 23.7 Å². The Morgan fingerprint density at radius 3 is 1.91 bits per heavy atom. The van der Waals surface area contributed by atoms with Crippen LogP contribution in [0.25, 0.3) is 0 Å². The first-order valence-corrected chi connectivity index (χ1v) is 9.71. The third-order valence-electron chi connectivity index (χ3n) is 6.22. The molecule has 0 radical (unpaired) electrons. The molecule has 1 saturated carbocycles. The van der Waals surface area contributed by atoms with Gasteiger partial charge >= 0.3 is 0 Å². The van der Waals surface area contributed by atoms with E-state index in [1.165, 1.54) is 51.4 Å². The number of hydrogen-bond acceptors (Lipinski definition) is 3. The molecule has 0 aliphatic heterocycles. The summed E-state index contributed by atoms with van der Waals surface area (Å²) >= 11 is 0. The van der Waals surface area contributed by atoms with Gasteiger partial charge in [-0.25, -0.2) is 0 Å². The van der Waals surface area contributed by atoms with E-state index in [1.54, 1.807) is 21.3 Å².